The van der Waals surface area contributed by atoms with Crippen molar-refractivity contribution >= 4 is 11.6 Å². The van der Waals surface area contributed by atoms with Gasteiger partial charge in [0.15, 0.2) is 28.8 Å². The van der Waals surface area contributed by atoms with Crippen LogP contribution < -0.4 is 0 Å². The number of benzene rings is 3. The monoisotopic (exact) mass is 779 g/mol. The van der Waals surface area contributed by atoms with Crippen molar-refractivity contribution in [1.82, 2.24) is 0 Å². The number of hydrogen-bond acceptors (Lipinski definition) is 6. The number of aromatic hydroxyl groups is 3. The highest BCUT2D eigenvalue weighted by atomic mass is 16.3. The van der Waals surface area contributed by atoms with Crippen LogP contribution >= 0.6 is 0 Å². The van der Waals surface area contributed by atoms with Gasteiger partial charge in [-0.25, -0.2) is 0 Å². The molecular formula is C50H82O6. The highest BCUT2D eigenvalue weighted by molar-refractivity contribution is 5.95. The minimum Gasteiger partial charge on any atom is -0.504 e. The third kappa shape index (κ3) is 22.2. The molecule has 0 fully saturated rings. The zero-order chi connectivity index (χ0) is 42.4. The van der Waals surface area contributed by atoms with Crippen LogP contribution in [0.4, 0.5) is 0 Å². The van der Waals surface area contributed by atoms with Crippen LogP contribution in [-0.4, -0.2) is 32.0 Å². The fraction of sp³-hybridized carbons (Fsp3) is 0.600. The second-order valence-corrected chi connectivity index (χ2v) is 16.6. The van der Waals surface area contributed by atoms with Crippen LogP contribution in [-0.2, 0) is 6.61 Å². The highest BCUT2D eigenvalue weighted by Gasteiger charge is 2.10. The minimum absolute atomic E-state index is 0. The van der Waals surface area contributed by atoms with Crippen LogP contribution in [0.1, 0.15) is 187 Å². The van der Waals surface area contributed by atoms with E-state index in [9.17, 15) is 9.59 Å². The Morgan fingerprint density at radius 1 is 0.536 bits per heavy atom. The summed E-state index contributed by atoms with van der Waals surface area (Å²) in [5.41, 5.74) is 9.48. The molecule has 3 unspecified atom stereocenters. The minimum atomic E-state index is -0.611. The first kappa shape index (κ1) is 54.5. The van der Waals surface area contributed by atoms with Gasteiger partial charge >= 0.3 is 0 Å². The molecule has 0 bridgehead atoms. The number of aliphatic hydroxyl groups excluding tert-OH is 1. The van der Waals surface area contributed by atoms with E-state index in [1.165, 1.54) is 105 Å². The second kappa shape index (κ2) is 28.7. The average molecular weight is 779 g/mol. The van der Waals surface area contributed by atoms with Crippen molar-refractivity contribution < 1.29 is 30.0 Å². The number of ketones is 2. The summed E-state index contributed by atoms with van der Waals surface area (Å²) >= 11 is 0. The van der Waals surface area contributed by atoms with Gasteiger partial charge in [-0.15, -0.1) is 0 Å². The molecule has 0 radical (unpaired) electrons. The molecule has 0 spiro atoms. The van der Waals surface area contributed by atoms with E-state index in [2.05, 4.69) is 69.2 Å². The molecule has 0 aliphatic heterocycles. The number of carbonyl (C=O) groups is 2. The van der Waals surface area contributed by atoms with Gasteiger partial charge in [0, 0.05) is 11.1 Å². The maximum atomic E-state index is 11.1. The third-order valence-electron chi connectivity index (χ3n) is 10.9. The molecule has 6 nitrogen and oxygen atoms in total. The fourth-order valence-corrected chi connectivity index (χ4v) is 6.26. The van der Waals surface area contributed by atoms with Crippen molar-refractivity contribution in [2.45, 2.75) is 175 Å². The molecule has 4 N–H and O–H groups in total. The van der Waals surface area contributed by atoms with E-state index in [0.29, 0.717) is 0 Å². The van der Waals surface area contributed by atoms with Gasteiger partial charge in [0.2, 0.25) is 0 Å². The lowest BCUT2D eigenvalue weighted by atomic mass is 9.91. The number of hydrogen-bond donors (Lipinski definition) is 4. The Bertz CT molecular complexity index is 1450. The number of aliphatic hydroxyl groups is 1. The Kier molecular flexibility index (Phi) is 27.9. The molecule has 3 aromatic carbocycles. The van der Waals surface area contributed by atoms with E-state index < -0.39 is 17.2 Å². The predicted octanol–water partition coefficient (Wildman–Crippen LogP) is 14.0. The smallest absolute Gasteiger partial charge is 0.200 e. The molecule has 3 aromatic rings. The van der Waals surface area contributed by atoms with E-state index in [-0.39, 0.29) is 31.2 Å². The molecule has 0 aliphatic carbocycles. The summed E-state index contributed by atoms with van der Waals surface area (Å²) in [5.74, 6) is 1.95. The van der Waals surface area contributed by atoms with E-state index in [0.717, 1.165) is 46.9 Å². The van der Waals surface area contributed by atoms with E-state index in [1.54, 1.807) is 6.92 Å². The molecule has 318 valence electrons. The molecular weight excluding hydrogens is 697 g/mol. The lowest BCUT2D eigenvalue weighted by Gasteiger charge is -2.15. The van der Waals surface area contributed by atoms with Crippen molar-refractivity contribution in [3.8, 4) is 17.2 Å². The molecule has 56 heavy (non-hydrogen) atoms. The molecule has 0 aromatic heterocycles. The Balaban J connectivity index is 0. The summed E-state index contributed by atoms with van der Waals surface area (Å²) in [6.07, 6.45) is 14.3. The fourth-order valence-electron chi connectivity index (χ4n) is 6.26. The van der Waals surface area contributed by atoms with Crippen molar-refractivity contribution in [2.24, 2.45) is 23.7 Å². The van der Waals surface area contributed by atoms with Gasteiger partial charge in [-0.1, -0.05) is 125 Å². The van der Waals surface area contributed by atoms with E-state index in [4.69, 9.17) is 20.4 Å². The number of phenolic OH excluding ortho intramolecular Hbond substituents is 3. The largest absolute Gasteiger partial charge is 0.504 e. The Labute approximate surface area is 343 Å². The van der Waals surface area contributed by atoms with Crippen LogP contribution in [0, 0.1) is 65.2 Å². The van der Waals surface area contributed by atoms with Gasteiger partial charge in [-0.05, 0) is 142 Å². The van der Waals surface area contributed by atoms with Gasteiger partial charge in [-0.3, -0.25) is 9.59 Å². The number of rotatable bonds is 16. The number of aryl methyl sites for hydroxylation is 4. The standard InChI is InChI=1S/C20H42.C11H14O.C10H14O.C8H8O4.CH4/c1-7-18(4)12-9-14-20(6)16-10-15-19(5)13-8-11-17(2)3;1-7-5-11(10(4)12)6-8(2)9(7)3;1-7-4-10(6-11)5-8(2)9(7)3;1-4(9)5-2-6(10)8(12)7(11)3-5;/h17-20H,7-16H2,1-6H3;5-6H,1-4H3;4-5,11H,6H2,1-3H3;2-3,10-12H,1H3;1H4. The summed E-state index contributed by atoms with van der Waals surface area (Å²) in [7, 11) is 0. The molecule has 0 saturated heterocycles. The van der Waals surface area contributed by atoms with Crippen LogP contribution in [0.3, 0.4) is 0 Å². The second-order valence-electron chi connectivity index (χ2n) is 16.6. The Morgan fingerprint density at radius 3 is 1.18 bits per heavy atom. The normalized spacial score (nSPS) is 12.1. The maximum Gasteiger partial charge on any atom is 0.200 e. The van der Waals surface area contributed by atoms with Gasteiger partial charge < -0.3 is 20.4 Å². The van der Waals surface area contributed by atoms with Gasteiger partial charge in [0.05, 0.1) is 6.61 Å². The SMILES string of the molecule is C.CC(=O)c1cc(C)c(C)c(C)c1.CC(=O)c1cc(O)c(O)c(O)c1.CCC(C)CCCC(C)CCCC(C)CCCC(C)C.Cc1cc(CO)cc(C)c1C. The summed E-state index contributed by atoms with van der Waals surface area (Å²) in [6, 6.07) is 10.1. The highest BCUT2D eigenvalue weighted by Crippen LogP contribution is 2.35. The van der Waals surface area contributed by atoms with Gasteiger partial charge in [0.1, 0.15) is 0 Å². The molecule has 0 aliphatic rings. The Hall–Kier alpha value is -3.64. The van der Waals surface area contributed by atoms with Crippen LogP contribution in [0.2, 0.25) is 0 Å². The van der Waals surface area contributed by atoms with Gasteiger partial charge in [0.25, 0.3) is 0 Å². The number of carbonyl (C=O) groups excluding carboxylic acids is 2. The average Bonchev–Trinajstić information content (AvgIpc) is 3.11. The molecule has 0 heterocycles. The topological polar surface area (TPSA) is 115 Å². The third-order valence-corrected chi connectivity index (χ3v) is 10.9. The first-order valence-electron chi connectivity index (χ1n) is 20.7. The summed E-state index contributed by atoms with van der Waals surface area (Å²) < 4.78 is 0. The number of Topliss-reactive ketones (excluding diaryl/α,β-unsaturated/α-hetero) is 2. The van der Waals surface area contributed by atoms with Crippen LogP contribution in [0.15, 0.2) is 36.4 Å². The van der Waals surface area contributed by atoms with Crippen molar-refractivity contribution in [3.05, 3.63) is 86.5 Å². The van der Waals surface area contributed by atoms with E-state index in [1.807, 2.05) is 38.1 Å². The molecule has 0 amide bonds. The van der Waals surface area contributed by atoms with Crippen molar-refractivity contribution in [1.29, 1.82) is 0 Å². The molecule has 3 atom stereocenters. The molecule has 6 heteroatoms. The summed E-state index contributed by atoms with van der Waals surface area (Å²) in [6.45, 7) is 29.7. The van der Waals surface area contributed by atoms with Crippen molar-refractivity contribution in [2.75, 3.05) is 0 Å². The molecule has 0 saturated carbocycles. The maximum absolute atomic E-state index is 11.1. The first-order chi connectivity index (χ1) is 25.6. The first-order valence-corrected chi connectivity index (χ1v) is 20.7. The predicted molar refractivity (Wildman–Crippen MR) is 240 cm³/mol. The number of phenols is 3. The molecule has 3 rings (SSSR count). The van der Waals surface area contributed by atoms with Crippen LogP contribution in [0.25, 0.3) is 0 Å². The summed E-state index contributed by atoms with van der Waals surface area (Å²) in [4.78, 5) is 21.8. The van der Waals surface area contributed by atoms with E-state index >= 15 is 0 Å². The lowest BCUT2D eigenvalue weighted by molar-refractivity contribution is 0.100. The Morgan fingerprint density at radius 2 is 0.857 bits per heavy atom. The summed E-state index contributed by atoms with van der Waals surface area (Å²) in [5, 5.41) is 35.7. The zero-order valence-corrected chi connectivity index (χ0v) is 37.2. The quantitative estimate of drug-likeness (QED) is 0.0850. The zero-order valence-electron chi connectivity index (χ0n) is 37.2. The van der Waals surface area contributed by atoms with Crippen LogP contribution in [0.5, 0.6) is 17.2 Å². The van der Waals surface area contributed by atoms with Crippen molar-refractivity contribution in [3.63, 3.8) is 0 Å². The lowest BCUT2D eigenvalue weighted by Crippen LogP contribution is -2.01. The van der Waals surface area contributed by atoms with Gasteiger partial charge in [-0.2, -0.15) is 0 Å².